The standard InChI is InChI=1S/C19H32N4S/c1-2-20-19(21-10-3-4-16-5-6-16)22-18-7-11-23(12-8-18)14-17-9-13-24-15-17/h9,13,15-16,18H,2-8,10-12,14H2,1H3,(H2,20,21,22). The van der Waals surface area contributed by atoms with Crippen LogP contribution in [0.2, 0.25) is 0 Å². The number of piperidine rings is 1. The third-order valence-electron chi connectivity index (χ3n) is 5.00. The first-order valence-electron chi connectivity index (χ1n) is 9.61. The molecule has 0 amide bonds. The summed E-state index contributed by atoms with van der Waals surface area (Å²) in [6.45, 7) is 7.49. The number of nitrogens with zero attached hydrogens (tertiary/aromatic N) is 2. The normalized spacial score (nSPS) is 20.3. The zero-order valence-electron chi connectivity index (χ0n) is 15.0. The zero-order chi connectivity index (χ0) is 16.6. The van der Waals surface area contributed by atoms with Gasteiger partial charge in [-0.3, -0.25) is 9.89 Å². The minimum absolute atomic E-state index is 0.560. The van der Waals surface area contributed by atoms with Crippen LogP contribution in [0.1, 0.15) is 51.0 Å². The number of hydrogen-bond acceptors (Lipinski definition) is 3. The lowest BCUT2D eigenvalue weighted by atomic mass is 10.0. The Labute approximate surface area is 150 Å². The second-order valence-corrected chi connectivity index (χ2v) is 7.95. The van der Waals surface area contributed by atoms with Gasteiger partial charge in [-0.25, -0.2) is 0 Å². The molecule has 1 aliphatic carbocycles. The summed E-state index contributed by atoms with van der Waals surface area (Å²) in [7, 11) is 0. The Bertz CT molecular complexity index is 487. The molecule has 1 aliphatic heterocycles. The fourth-order valence-corrected chi connectivity index (χ4v) is 4.03. The summed E-state index contributed by atoms with van der Waals surface area (Å²) in [5.74, 6) is 2.04. The summed E-state index contributed by atoms with van der Waals surface area (Å²) >= 11 is 1.79. The lowest BCUT2D eigenvalue weighted by Gasteiger charge is -2.33. The maximum Gasteiger partial charge on any atom is 0.191 e. The highest BCUT2D eigenvalue weighted by molar-refractivity contribution is 7.07. The Kier molecular flexibility index (Phi) is 6.97. The van der Waals surface area contributed by atoms with Crippen LogP contribution in [0.15, 0.2) is 21.8 Å². The molecule has 24 heavy (non-hydrogen) atoms. The lowest BCUT2D eigenvalue weighted by Crippen LogP contribution is -2.48. The topological polar surface area (TPSA) is 39.7 Å². The average molecular weight is 349 g/mol. The van der Waals surface area contributed by atoms with Crippen molar-refractivity contribution in [3.8, 4) is 0 Å². The maximum atomic E-state index is 4.77. The number of guanidine groups is 1. The van der Waals surface area contributed by atoms with Crippen molar-refractivity contribution in [1.82, 2.24) is 15.5 Å². The predicted molar refractivity (Wildman–Crippen MR) is 104 cm³/mol. The summed E-state index contributed by atoms with van der Waals surface area (Å²) in [5, 5.41) is 11.5. The van der Waals surface area contributed by atoms with Gasteiger partial charge in [-0.05, 0) is 60.9 Å². The summed E-state index contributed by atoms with van der Waals surface area (Å²) in [5.41, 5.74) is 1.46. The van der Waals surface area contributed by atoms with Gasteiger partial charge < -0.3 is 10.6 Å². The molecule has 134 valence electrons. The molecule has 1 saturated heterocycles. The predicted octanol–water partition coefficient (Wildman–Crippen LogP) is 3.46. The molecule has 0 aromatic carbocycles. The number of likely N-dealkylation sites (tertiary alicyclic amines) is 1. The number of hydrogen-bond donors (Lipinski definition) is 2. The molecule has 2 fully saturated rings. The van der Waals surface area contributed by atoms with Crippen LogP contribution in [0.4, 0.5) is 0 Å². The van der Waals surface area contributed by atoms with E-state index in [2.05, 4.69) is 39.3 Å². The second kappa shape index (κ2) is 9.42. The van der Waals surface area contributed by atoms with E-state index >= 15 is 0 Å². The maximum absolute atomic E-state index is 4.77. The highest BCUT2D eigenvalue weighted by Crippen LogP contribution is 2.33. The van der Waals surface area contributed by atoms with E-state index in [1.807, 2.05) is 0 Å². The van der Waals surface area contributed by atoms with Gasteiger partial charge in [0.1, 0.15) is 0 Å². The molecule has 1 aromatic rings. The molecule has 0 atom stereocenters. The van der Waals surface area contributed by atoms with Crippen LogP contribution in [0.5, 0.6) is 0 Å². The largest absolute Gasteiger partial charge is 0.357 e. The number of aliphatic imine (C=N–C) groups is 1. The Balaban J connectivity index is 1.37. The monoisotopic (exact) mass is 348 g/mol. The molecule has 4 nitrogen and oxygen atoms in total. The van der Waals surface area contributed by atoms with Gasteiger partial charge in [0.15, 0.2) is 5.96 Å². The van der Waals surface area contributed by atoms with E-state index in [4.69, 9.17) is 4.99 Å². The lowest BCUT2D eigenvalue weighted by molar-refractivity contribution is 0.198. The minimum atomic E-state index is 0.560. The molecule has 1 aromatic heterocycles. The molecule has 1 saturated carbocycles. The SMILES string of the molecule is CCNC(=NCCCC1CC1)NC1CCN(Cc2ccsc2)CC1. The fraction of sp³-hybridized carbons (Fsp3) is 0.737. The van der Waals surface area contributed by atoms with Gasteiger partial charge in [0.05, 0.1) is 0 Å². The minimum Gasteiger partial charge on any atom is -0.357 e. The number of thiophene rings is 1. The van der Waals surface area contributed by atoms with Crippen LogP contribution < -0.4 is 10.6 Å². The first-order chi connectivity index (χ1) is 11.8. The molecule has 5 heteroatoms. The van der Waals surface area contributed by atoms with Crippen LogP contribution >= 0.6 is 11.3 Å². The molecule has 0 bridgehead atoms. The molecular formula is C19H32N4S. The van der Waals surface area contributed by atoms with Gasteiger partial charge in [-0.1, -0.05) is 12.8 Å². The van der Waals surface area contributed by atoms with Crippen LogP contribution in [0.3, 0.4) is 0 Å². The highest BCUT2D eigenvalue weighted by Gasteiger charge is 2.21. The molecule has 2 N–H and O–H groups in total. The number of nitrogens with one attached hydrogen (secondary N) is 2. The molecule has 2 aliphatic rings. The van der Waals surface area contributed by atoms with Crippen LogP contribution in [0, 0.1) is 5.92 Å². The Morgan fingerprint density at radius 1 is 1.29 bits per heavy atom. The smallest absolute Gasteiger partial charge is 0.191 e. The van der Waals surface area contributed by atoms with Crippen LogP contribution in [-0.2, 0) is 6.54 Å². The van der Waals surface area contributed by atoms with Crippen molar-refractivity contribution in [3.63, 3.8) is 0 Å². The molecule has 0 unspecified atom stereocenters. The first-order valence-corrected chi connectivity index (χ1v) is 10.6. The van der Waals surface area contributed by atoms with E-state index in [1.54, 1.807) is 11.3 Å². The average Bonchev–Trinajstić information content (AvgIpc) is 3.28. The zero-order valence-corrected chi connectivity index (χ0v) is 15.8. The van der Waals surface area contributed by atoms with Gasteiger partial charge in [0.25, 0.3) is 0 Å². The van der Waals surface area contributed by atoms with Crippen molar-refractivity contribution in [2.45, 2.75) is 58.0 Å². The van der Waals surface area contributed by atoms with E-state index in [0.29, 0.717) is 6.04 Å². The van der Waals surface area contributed by atoms with Gasteiger partial charge in [0, 0.05) is 38.8 Å². The third-order valence-corrected chi connectivity index (χ3v) is 5.73. The van der Waals surface area contributed by atoms with E-state index in [1.165, 1.54) is 57.2 Å². The third kappa shape index (κ3) is 6.10. The highest BCUT2D eigenvalue weighted by atomic mass is 32.1. The Morgan fingerprint density at radius 3 is 2.79 bits per heavy atom. The van der Waals surface area contributed by atoms with Crippen molar-refractivity contribution < 1.29 is 0 Å². The molecule has 0 radical (unpaired) electrons. The second-order valence-electron chi connectivity index (χ2n) is 7.17. The van der Waals surface area contributed by atoms with E-state index in [0.717, 1.165) is 31.5 Å². The first kappa shape index (κ1) is 17.7. The summed E-state index contributed by atoms with van der Waals surface area (Å²) in [6, 6.07) is 2.80. The van der Waals surface area contributed by atoms with Crippen LogP contribution in [-0.4, -0.2) is 43.1 Å². The van der Waals surface area contributed by atoms with Gasteiger partial charge >= 0.3 is 0 Å². The van der Waals surface area contributed by atoms with Gasteiger partial charge in [-0.2, -0.15) is 11.3 Å². The van der Waals surface area contributed by atoms with E-state index in [-0.39, 0.29) is 0 Å². The van der Waals surface area contributed by atoms with Crippen molar-refractivity contribution >= 4 is 17.3 Å². The van der Waals surface area contributed by atoms with Crippen molar-refractivity contribution in [1.29, 1.82) is 0 Å². The molecule has 2 heterocycles. The van der Waals surface area contributed by atoms with Crippen molar-refractivity contribution in [2.75, 3.05) is 26.2 Å². The van der Waals surface area contributed by atoms with Crippen molar-refractivity contribution in [3.05, 3.63) is 22.4 Å². The molecule has 3 rings (SSSR count). The molecular weight excluding hydrogens is 316 g/mol. The number of rotatable bonds is 8. The van der Waals surface area contributed by atoms with Gasteiger partial charge in [-0.15, -0.1) is 0 Å². The summed E-state index contributed by atoms with van der Waals surface area (Å²) in [6.07, 6.45) is 7.91. The van der Waals surface area contributed by atoms with E-state index < -0.39 is 0 Å². The fourth-order valence-electron chi connectivity index (χ4n) is 3.37. The van der Waals surface area contributed by atoms with Crippen LogP contribution in [0.25, 0.3) is 0 Å². The Hall–Kier alpha value is -1.07. The summed E-state index contributed by atoms with van der Waals surface area (Å²) < 4.78 is 0. The van der Waals surface area contributed by atoms with E-state index in [9.17, 15) is 0 Å². The van der Waals surface area contributed by atoms with Gasteiger partial charge in [0.2, 0.25) is 0 Å². The quantitative estimate of drug-likeness (QED) is 0.429. The summed E-state index contributed by atoms with van der Waals surface area (Å²) in [4.78, 5) is 7.34. The Morgan fingerprint density at radius 2 is 2.12 bits per heavy atom. The van der Waals surface area contributed by atoms with Crippen molar-refractivity contribution in [2.24, 2.45) is 10.9 Å². The molecule has 0 spiro atoms.